The lowest BCUT2D eigenvalue weighted by Crippen LogP contribution is -2.17. The highest BCUT2D eigenvalue weighted by molar-refractivity contribution is 7.99. The van der Waals surface area contributed by atoms with Gasteiger partial charge in [-0.1, -0.05) is 30.0 Å². The molecule has 3 rings (SSSR count). The number of carbonyl (C=O) groups is 1. The standard InChI is InChI=1S/C18H18N4OS/c1-13(2)22-16(10-12-20-22)21-17(23)15-9-6-11-19-18(15)24-14-7-4-3-5-8-14/h3-13H,1-2H3,(H,21,23). The molecule has 0 radical (unpaired) electrons. The summed E-state index contributed by atoms with van der Waals surface area (Å²) in [4.78, 5) is 18.1. The van der Waals surface area contributed by atoms with Crippen molar-refractivity contribution in [3.05, 3.63) is 66.5 Å². The first kappa shape index (κ1) is 16.3. The third-order valence-corrected chi connectivity index (χ3v) is 4.40. The lowest BCUT2D eigenvalue weighted by Gasteiger charge is -2.13. The van der Waals surface area contributed by atoms with Gasteiger partial charge in [-0.05, 0) is 38.1 Å². The van der Waals surface area contributed by atoms with Crippen molar-refractivity contribution in [2.24, 2.45) is 0 Å². The maximum absolute atomic E-state index is 12.7. The number of benzene rings is 1. The topological polar surface area (TPSA) is 59.8 Å². The van der Waals surface area contributed by atoms with Crippen LogP contribution in [-0.4, -0.2) is 20.7 Å². The average molecular weight is 338 g/mol. The summed E-state index contributed by atoms with van der Waals surface area (Å²) in [6.45, 7) is 4.03. The van der Waals surface area contributed by atoms with Crippen LogP contribution in [0, 0.1) is 0 Å². The summed E-state index contributed by atoms with van der Waals surface area (Å²) >= 11 is 1.47. The van der Waals surface area contributed by atoms with E-state index < -0.39 is 0 Å². The maximum atomic E-state index is 12.7. The zero-order valence-electron chi connectivity index (χ0n) is 13.5. The Hall–Kier alpha value is -2.60. The van der Waals surface area contributed by atoms with Gasteiger partial charge < -0.3 is 5.32 Å². The fourth-order valence-corrected chi connectivity index (χ4v) is 3.15. The molecule has 1 amide bonds. The Bertz CT molecular complexity index is 830. The largest absolute Gasteiger partial charge is 0.307 e. The molecule has 0 spiro atoms. The maximum Gasteiger partial charge on any atom is 0.259 e. The highest BCUT2D eigenvalue weighted by Crippen LogP contribution is 2.28. The van der Waals surface area contributed by atoms with Crippen LogP contribution in [0.2, 0.25) is 0 Å². The highest BCUT2D eigenvalue weighted by Gasteiger charge is 2.16. The van der Waals surface area contributed by atoms with E-state index >= 15 is 0 Å². The molecule has 0 fully saturated rings. The Morgan fingerprint density at radius 1 is 1.08 bits per heavy atom. The lowest BCUT2D eigenvalue weighted by atomic mass is 10.2. The van der Waals surface area contributed by atoms with Crippen molar-refractivity contribution < 1.29 is 4.79 Å². The van der Waals surface area contributed by atoms with Crippen LogP contribution in [0.1, 0.15) is 30.2 Å². The first-order valence-electron chi connectivity index (χ1n) is 7.68. The molecule has 3 aromatic rings. The van der Waals surface area contributed by atoms with Gasteiger partial charge in [-0.15, -0.1) is 0 Å². The van der Waals surface area contributed by atoms with E-state index in [2.05, 4.69) is 15.4 Å². The smallest absolute Gasteiger partial charge is 0.259 e. The summed E-state index contributed by atoms with van der Waals surface area (Å²) in [7, 11) is 0. The number of hydrogen-bond donors (Lipinski definition) is 1. The minimum atomic E-state index is -0.191. The summed E-state index contributed by atoms with van der Waals surface area (Å²) in [5.74, 6) is 0.485. The number of rotatable bonds is 5. The molecule has 1 N–H and O–H groups in total. The molecule has 2 heterocycles. The van der Waals surface area contributed by atoms with Crippen LogP contribution in [-0.2, 0) is 0 Å². The molecular formula is C18H18N4OS. The molecule has 24 heavy (non-hydrogen) atoms. The van der Waals surface area contributed by atoms with Crippen molar-refractivity contribution >= 4 is 23.5 Å². The molecule has 1 aromatic carbocycles. The number of amides is 1. The number of pyridine rings is 1. The summed E-state index contributed by atoms with van der Waals surface area (Å²) in [5.41, 5.74) is 0.544. The minimum absolute atomic E-state index is 0.169. The SMILES string of the molecule is CC(C)n1nccc1NC(=O)c1cccnc1Sc1ccccc1. The quantitative estimate of drug-likeness (QED) is 0.755. The van der Waals surface area contributed by atoms with Crippen molar-refractivity contribution in [2.45, 2.75) is 29.8 Å². The number of anilines is 1. The van der Waals surface area contributed by atoms with Gasteiger partial charge in [0.05, 0.1) is 11.8 Å². The predicted molar refractivity (Wildman–Crippen MR) is 95.4 cm³/mol. The Kier molecular flexibility index (Phi) is 4.96. The second-order valence-electron chi connectivity index (χ2n) is 5.48. The molecule has 0 atom stereocenters. The molecule has 0 aliphatic heterocycles. The summed E-state index contributed by atoms with van der Waals surface area (Å²) in [6.07, 6.45) is 3.37. The van der Waals surface area contributed by atoms with E-state index in [-0.39, 0.29) is 11.9 Å². The minimum Gasteiger partial charge on any atom is -0.307 e. The molecule has 0 aliphatic rings. The van der Waals surface area contributed by atoms with Crippen LogP contribution in [0.15, 0.2) is 70.8 Å². The van der Waals surface area contributed by atoms with Gasteiger partial charge in [-0.25, -0.2) is 9.67 Å². The number of hydrogen-bond acceptors (Lipinski definition) is 4. The molecule has 0 bridgehead atoms. The molecule has 6 heteroatoms. The number of nitrogens with one attached hydrogen (secondary N) is 1. The Balaban J connectivity index is 1.84. The highest BCUT2D eigenvalue weighted by atomic mass is 32.2. The third-order valence-electron chi connectivity index (χ3n) is 3.37. The summed E-state index contributed by atoms with van der Waals surface area (Å²) in [6, 6.07) is 15.4. The fourth-order valence-electron chi connectivity index (χ4n) is 2.25. The second kappa shape index (κ2) is 7.31. The van der Waals surface area contributed by atoms with E-state index in [1.54, 1.807) is 35.3 Å². The van der Waals surface area contributed by atoms with Crippen LogP contribution in [0.4, 0.5) is 5.82 Å². The molecule has 0 aliphatic carbocycles. The van der Waals surface area contributed by atoms with E-state index in [0.717, 1.165) is 4.90 Å². The molecule has 0 saturated heterocycles. The second-order valence-corrected chi connectivity index (χ2v) is 6.54. The van der Waals surface area contributed by atoms with Crippen molar-refractivity contribution in [1.29, 1.82) is 0 Å². The first-order chi connectivity index (χ1) is 11.6. The first-order valence-corrected chi connectivity index (χ1v) is 8.49. The van der Waals surface area contributed by atoms with Crippen molar-refractivity contribution in [2.75, 3.05) is 5.32 Å². The van der Waals surface area contributed by atoms with E-state index in [0.29, 0.717) is 16.4 Å². The van der Waals surface area contributed by atoms with Crippen molar-refractivity contribution in [1.82, 2.24) is 14.8 Å². The Morgan fingerprint density at radius 3 is 2.62 bits per heavy atom. The zero-order chi connectivity index (χ0) is 16.9. The van der Waals surface area contributed by atoms with Gasteiger partial charge in [0.15, 0.2) is 0 Å². The Labute approximate surface area is 145 Å². The third kappa shape index (κ3) is 3.65. The van der Waals surface area contributed by atoms with Gasteiger partial charge in [-0.2, -0.15) is 5.10 Å². The molecule has 0 saturated carbocycles. The number of carbonyl (C=O) groups excluding carboxylic acids is 1. The van der Waals surface area contributed by atoms with Crippen molar-refractivity contribution in [3.8, 4) is 0 Å². The van der Waals surface area contributed by atoms with Gasteiger partial charge >= 0.3 is 0 Å². The van der Waals surface area contributed by atoms with Crippen LogP contribution in [0.25, 0.3) is 0 Å². The van der Waals surface area contributed by atoms with Crippen LogP contribution in [0.3, 0.4) is 0 Å². The number of nitrogens with zero attached hydrogens (tertiary/aromatic N) is 3. The van der Waals surface area contributed by atoms with Gasteiger partial charge in [0, 0.05) is 23.2 Å². The van der Waals surface area contributed by atoms with Gasteiger partial charge in [0.25, 0.3) is 5.91 Å². The van der Waals surface area contributed by atoms with Crippen LogP contribution in [0.5, 0.6) is 0 Å². The monoisotopic (exact) mass is 338 g/mol. The molecule has 122 valence electrons. The van der Waals surface area contributed by atoms with E-state index in [1.165, 1.54) is 11.8 Å². The molecule has 5 nitrogen and oxygen atoms in total. The van der Waals surface area contributed by atoms with Gasteiger partial charge in [0.1, 0.15) is 10.8 Å². The summed E-state index contributed by atoms with van der Waals surface area (Å²) < 4.78 is 1.78. The molecule has 0 unspecified atom stereocenters. The zero-order valence-corrected chi connectivity index (χ0v) is 14.3. The van der Waals surface area contributed by atoms with E-state index in [1.807, 2.05) is 44.2 Å². The summed E-state index contributed by atoms with van der Waals surface area (Å²) in [5, 5.41) is 7.83. The predicted octanol–water partition coefficient (Wildman–Crippen LogP) is 4.26. The average Bonchev–Trinajstić information content (AvgIpc) is 3.04. The lowest BCUT2D eigenvalue weighted by molar-refractivity contribution is 0.102. The van der Waals surface area contributed by atoms with Crippen LogP contribution < -0.4 is 5.32 Å². The van der Waals surface area contributed by atoms with Gasteiger partial charge in [0.2, 0.25) is 0 Å². The molecular weight excluding hydrogens is 320 g/mol. The Morgan fingerprint density at radius 2 is 1.88 bits per heavy atom. The normalized spacial score (nSPS) is 10.8. The van der Waals surface area contributed by atoms with E-state index in [9.17, 15) is 4.79 Å². The van der Waals surface area contributed by atoms with Crippen LogP contribution >= 0.6 is 11.8 Å². The van der Waals surface area contributed by atoms with Crippen molar-refractivity contribution in [3.63, 3.8) is 0 Å². The molecule has 2 aromatic heterocycles. The fraction of sp³-hybridized carbons (Fsp3) is 0.167. The number of aromatic nitrogens is 3. The van der Waals surface area contributed by atoms with Gasteiger partial charge in [-0.3, -0.25) is 4.79 Å². The van der Waals surface area contributed by atoms with E-state index in [4.69, 9.17) is 0 Å².